The second kappa shape index (κ2) is 8.58. The van der Waals surface area contributed by atoms with Crippen molar-refractivity contribution in [3.05, 3.63) is 70.8 Å². The highest BCUT2D eigenvalue weighted by molar-refractivity contribution is 5.89. The maximum absolute atomic E-state index is 13.0. The van der Waals surface area contributed by atoms with Crippen LogP contribution in [0, 0.1) is 5.92 Å². The summed E-state index contributed by atoms with van der Waals surface area (Å²) in [5.74, 6) is -0.0409. The van der Waals surface area contributed by atoms with Crippen LogP contribution >= 0.6 is 0 Å². The van der Waals surface area contributed by atoms with Crippen molar-refractivity contribution in [2.45, 2.75) is 50.6 Å². The number of methoxy groups -OCH3 is 1. The molecule has 1 saturated carbocycles. The molecule has 4 atom stereocenters. The van der Waals surface area contributed by atoms with E-state index in [-0.39, 0.29) is 18.0 Å². The monoisotopic (exact) mass is 446 g/mol. The normalized spacial score (nSPS) is 23.3. The Morgan fingerprint density at radius 2 is 1.75 bits per heavy atom. The topological polar surface area (TPSA) is 58.6 Å². The molecular weight excluding hydrogens is 421 g/mol. The largest absolute Gasteiger partial charge is 0.465 e. The van der Waals surface area contributed by atoms with E-state index in [0.717, 1.165) is 36.1 Å². The highest BCUT2D eigenvalue weighted by atomic mass is 19.4. The van der Waals surface area contributed by atoms with Crippen LogP contribution in [0.1, 0.15) is 52.9 Å². The Labute approximate surface area is 184 Å². The van der Waals surface area contributed by atoms with Gasteiger partial charge in [-0.2, -0.15) is 13.2 Å². The lowest BCUT2D eigenvalue weighted by Gasteiger charge is -2.28. The molecular formula is C24H25F3N2O3. The van der Waals surface area contributed by atoms with E-state index in [4.69, 9.17) is 4.74 Å². The first kappa shape index (κ1) is 22.3. The van der Waals surface area contributed by atoms with Gasteiger partial charge >= 0.3 is 12.1 Å². The second-order valence-electron chi connectivity index (χ2n) is 8.53. The molecule has 32 heavy (non-hydrogen) atoms. The molecule has 1 N–H and O–H groups in total. The van der Waals surface area contributed by atoms with E-state index in [1.165, 1.54) is 19.2 Å². The van der Waals surface area contributed by atoms with Crippen molar-refractivity contribution >= 4 is 11.9 Å². The first-order valence-corrected chi connectivity index (χ1v) is 10.6. The Morgan fingerprint density at radius 3 is 2.34 bits per heavy atom. The maximum Gasteiger partial charge on any atom is 0.416 e. The van der Waals surface area contributed by atoms with Crippen LogP contribution in [-0.4, -0.2) is 36.0 Å². The summed E-state index contributed by atoms with van der Waals surface area (Å²) in [6.07, 6.45) is -2.58. The SMILES string of the molecule is COC(=O)c1ccc([C@H](C)NC(=O)[C@H]2C[C@@H]3CC3N2Cc2ccc(C(F)(F)F)cc2)cc1. The highest BCUT2D eigenvalue weighted by Crippen LogP contribution is 2.48. The van der Waals surface area contributed by atoms with Crippen LogP contribution in [0.4, 0.5) is 13.2 Å². The van der Waals surface area contributed by atoms with Gasteiger partial charge in [0, 0.05) is 12.6 Å². The first-order chi connectivity index (χ1) is 15.2. The molecule has 0 aromatic heterocycles. The molecule has 1 unspecified atom stereocenters. The number of ether oxygens (including phenoxy) is 1. The number of hydrogen-bond donors (Lipinski definition) is 1. The van der Waals surface area contributed by atoms with Crippen molar-refractivity contribution in [3.63, 3.8) is 0 Å². The number of esters is 1. The van der Waals surface area contributed by atoms with Gasteiger partial charge in [-0.15, -0.1) is 0 Å². The number of piperidine rings is 1. The number of nitrogens with zero attached hydrogens (tertiary/aromatic N) is 1. The zero-order chi connectivity index (χ0) is 23.0. The summed E-state index contributed by atoms with van der Waals surface area (Å²) >= 11 is 0. The van der Waals surface area contributed by atoms with E-state index in [1.807, 2.05) is 6.92 Å². The van der Waals surface area contributed by atoms with Crippen molar-refractivity contribution in [3.8, 4) is 0 Å². The smallest absolute Gasteiger partial charge is 0.416 e. The summed E-state index contributed by atoms with van der Waals surface area (Å²) in [5.41, 5.74) is 1.39. The molecule has 0 bridgehead atoms. The lowest BCUT2D eigenvalue weighted by atomic mass is 10.0. The van der Waals surface area contributed by atoms with Gasteiger partial charge in [-0.1, -0.05) is 24.3 Å². The number of rotatable bonds is 6. The lowest BCUT2D eigenvalue weighted by Crippen LogP contribution is -2.45. The lowest BCUT2D eigenvalue weighted by molar-refractivity contribution is -0.137. The van der Waals surface area contributed by atoms with E-state index in [0.29, 0.717) is 24.1 Å². The Morgan fingerprint density at radius 1 is 1.09 bits per heavy atom. The second-order valence-corrected chi connectivity index (χ2v) is 8.53. The van der Waals surface area contributed by atoms with Crippen molar-refractivity contribution in [2.24, 2.45) is 5.92 Å². The molecule has 1 aliphatic heterocycles. The molecule has 1 aliphatic carbocycles. The van der Waals surface area contributed by atoms with Gasteiger partial charge < -0.3 is 10.1 Å². The van der Waals surface area contributed by atoms with Crippen molar-refractivity contribution in [1.29, 1.82) is 0 Å². The quantitative estimate of drug-likeness (QED) is 0.671. The molecule has 4 rings (SSSR count). The van der Waals surface area contributed by atoms with Crippen molar-refractivity contribution < 1.29 is 27.5 Å². The van der Waals surface area contributed by atoms with Gasteiger partial charge in [-0.25, -0.2) is 4.79 Å². The predicted molar refractivity (Wildman–Crippen MR) is 112 cm³/mol. The van der Waals surface area contributed by atoms with Gasteiger partial charge in [0.05, 0.1) is 30.3 Å². The molecule has 2 aliphatic rings. The molecule has 1 saturated heterocycles. The standard InChI is InChI=1S/C24H25F3N2O3/c1-14(16-5-7-17(8-6-16)23(31)32-2)28-22(30)21-12-18-11-20(18)29(21)13-15-3-9-19(10-4-15)24(25,26)27/h3-10,14,18,20-21H,11-13H2,1-2H3,(H,28,30)/t14-,18-,20?,21+/m0/s1. The van der Waals surface area contributed by atoms with Gasteiger partial charge in [-0.3, -0.25) is 9.69 Å². The molecule has 5 nitrogen and oxygen atoms in total. The summed E-state index contributed by atoms with van der Waals surface area (Å²) in [5, 5.41) is 3.04. The summed E-state index contributed by atoms with van der Waals surface area (Å²) in [4.78, 5) is 26.7. The Bertz CT molecular complexity index is 989. The van der Waals surface area contributed by atoms with E-state index < -0.39 is 17.7 Å². The fourth-order valence-electron chi connectivity index (χ4n) is 4.46. The Balaban J connectivity index is 1.40. The molecule has 2 aromatic rings. The third-order valence-electron chi connectivity index (χ3n) is 6.38. The zero-order valence-corrected chi connectivity index (χ0v) is 17.9. The maximum atomic E-state index is 13.0. The third kappa shape index (κ3) is 4.65. The zero-order valence-electron chi connectivity index (χ0n) is 17.9. The molecule has 0 radical (unpaired) electrons. The van der Waals surface area contributed by atoms with Crippen LogP contribution in [0.2, 0.25) is 0 Å². The number of carbonyl (C=O) groups excluding carboxylic acids is 2. The van der Waals surface area contributed by atoms with Gasteiger partial charge in [0.25, 0.3) is 0 Å². The Kier molecular flexibility index (Phi) is 5.99. The van der Waals surface area contributed by atoms with Crippen LogP contribution in [0.25, 0.3) is 0 Å². The van der Waals surface area contributed by atoms with E-state index >= 15 is 0 Å². The minimum atomic E-state index is -4.36. The summed E-state index contributed by atoms with van der Waals surface area (Å²) in [6, 6.07) is 11.8. The van der Waals surface area contributed by atoms with Crippen LogP contribution in [0.3, 0.4) is 0 Å². The summed E-state index contributed by atoms with van der Waals surface area (Å²) in [6.45, 7) is 2.32. The number of carbonyl (C=O) groups is 2. The van der Waals surface area contributed by atoms with Crippen LogP contribution in [0.15, 0.2) is 48.5 Å². The number of likely N-dealkylation sites (tertiary alicyclic amines) is 1. The molecule has 0 spiro atoms. The number of amides is 1. The minimum Gasteiger partial charge on any atom is -0.465 e. The number of halogens is 3. The van der Waals surface area contributed by atoms with E-state index in [9.17, 15) is 22.8 Å². The van der Waals surface area contributed by atoms with Crippen molar-refractivity contribution in [2.75, 3.05) is 7.11 Å². The molecule has 1 heterocycles. The van der Waals surface area contributed by atoms with Crippen LogP contribution in [-0.2, 0) is 22.3 Å². The van der Waals surface area contributed by atoms with Crippen LogP contribution in [0.5, 0.6) is 0 Å². The number of nitrogens with one attached hydrogen (secondary N) is 1. The minimum absolute atomic E-state index is 0.0892. The molecule has 8 heteroatoms. The molecule has 2 aromatic carbocycles. The molecule has 2 fully saturated rings. The number of alkyl halides is 3. The summed E-state index contributed by atoms with van der Waals surface area (Å²) < 4.78 is 43.1. The fraction of sp³-hybridized carbons (Fsp3) is 0.417. The highest BCUT2D eigenvalue weighted by Gasteiger charge is 2.53. The van der Waals surface area contributed by atoms with Gasteiger partial charge in [0.2, 0.25) is 5.91 Å². The molecule has 1 amide bonds. The fourth-order valence-corrected chi connectivity index (χ4v) is 4.46. The van der Waals surface area contributed by atoms with Gasteiger partial charge in [-0.05, 0) is 61.1 Å². The average molecular weight is 446 g/mol. The van der Waals surface area contributed by atoms with Crippen molar-refractivity contribution in [1.82, 2.24) is 10.2 Å². The number of hydrogen-bond acceptors (Lipinski definition) is 4. The van der Waals surface area contributed by atoms with E-state index in [1.54, 1.807) is 24.3 Å². The number of fused-ring (bicyclic) bond motifs is 1. The Hall–Kier alpha value is -2.87. The van der Waals surface area contributed by atoms with Crippen LogP contribution < -0.4 is 5.32 Å². The predicted octanol–water partition coefficient (Wildman–Crippen LogP) is 4.33. The molecule has 170 valence electrons. The number of benzene rings is 2. The first-order valence-electron chi connectivity index (χ1n) is 10.6. The van der Waals surface area contributed by atoms with Gasteiger partial charge in [0.1, 0.15) is 0 Å². The van der Waals surface area contributed by atoms with E-state index in [2.05, 4.69) is 10.2 Å². The average Bonchev–Trinajstić information content (AvgIpc) is 3.46. The van der Waals surface area contributed by atoms with Gasteiger partial charge in [0.15, 0.2) is 0 Å². The summed E-state index contributed by atoms with van der Waals surface area (Å²) in [7, 11) is 1.32. The third-order valence-corrected chi connectivity index (χ3v) is 6.38.